The van der Waals surface area contributed by atoms with Crippen LogP contribution in [0.15, 0.2) is 9.79 Å². The van der Waals surface area contributed by atoms with Crippen LogP contribution in [0.4, 0.5) is 5.82 Å². The van der Waals surface area contributed by atoms with Gasteiger partial charge in [0.2, 0.25) is 17.6 Å². The van der Waals surface area contributed by atoms with Crippen LogP contribution < -0.4 is 5.32 Å². The second-order valence-electron chi connectivity index (χ2n) is 7.04. The number of anilines is 1. The molecule has 146 valence electrons. The first-order chi connectivity index (χ1) is 12.8. The first-order valence-electron chi connectivity index (χ1n) is 8.75. The molecule has 1 aliphatic rings. The van der Waals surface area contributed by atoms with Gasteiger partial charge < -0.3 is 14.8 Å². The fraction of sp³-hybridized carbons (Fsp3) is 0.625. The molecule has 0 bridgehead atoms. The molecule has 2 aromatic rings. The summed E-state index contributed by atoms with van der Waals surface area (Å²) < 4.78 is 6.40. The predicted molar refractivity (Wildman–Crippen MR) is 98.8 cm³/mol. The van der Waals surface area contributed by atoms with Crippen molar-refractivity contribution < 1.29 is 14.2 Å². The van der Waals surface area contributed by atoms with Crippen LogP contribution in [0.1, 0.15) is 27.2 Å². The third-order valence-electron chi connectivity index (χ3n) is 4.38. The van der Waals surface area contributed by atoms with Gasteiger partial charge in [-0.05, 0) is 28.6 Å². The zero-order valence-electron chi connectivity index (χ0n) is 15.8. The molecule has 1 fully saturated rings. The van der Waals surface area contributed by atoms with Crippen molar-refractivity contribution in [3.05, 3.63) is 0 Å². The number of piperidine rings is 1. The molecular formula is C16H23N7O3S. The standard InChI is InChI=1S/C16H23N7O3S/c1-9-5-10(2)7-23(6-9)12(25)8-27-16-19-18-15(22(16)4)13-14(17-11(3)24)21-26-20-13/h9-10H,5-8H2,1-4H3,(H,17,21,24)/t9-,10-/m0/s1. The fourth-order valence-corrected chi connectivity index (χ4v) is 4.13. The summed E-state index contributed by atoms with van der Waals surface area (Å²) >= 11 is 1.32. The van der Waals surface area contributed by atoms with Crippen molar-refractivity contribution in [3.8, 4) is 11.5 Å². The molecule has 0 radical (unpaired) electrons. The maximum Gasteiger partial charge on any atom is 0.233 e. The molecule has 3 rings (SSSR count). The quantitative estimate of drug-likeness (QED) is 0.758. The number of carbonyl (C=O) groups excluding carboxylic acids is 2. The van der Waals surface area contributed by atoms with Crippen LogP contribution in [0.2, 0.25) is 0 Å². The van der Waals surface area contributed by atoms with E-state index in [0.717, 1.165) is 19.5 Å². The van der Waals surface area contributed by atoms with Crippen molar-refractivity contribution in [2.45, 2.75) is 32.3 Å². The van der Waals surface area contributed by atoms with Gasteiger partial charge in [0, 0.05) is 27.1 Å². The highest BCUT2D eigenvalue weighted by molar-refractivity contribution is 7.99. The lowest BCUT2D eigenvalue weighted by Crippen LogP contribution is -2.43. The number of likely N-dealkylation sites (tertiary alicyclic amines) is 1. The molecule has 3 heterocycles. The van der Waals surface area contributed by atoms with Gasteiger partial charge in [-0.15, -0.1) is 10.2 Å². The Labute approximate surface area is 161 Å². The molecular weight excluding hydrogens is 370 g/mol. The second kappa shape index (κ2) is 8.07. The topological polar surface area (TPSA) is 119 Å². The molecule has 1 saturated heterocycles. The van der Waals surface area contributed by atoms with Crippen LogP contribution in [-0.2, 0) is 16.6 Å². The van der Waals surface area contributed by atoms with Crippen LogP contribution >= 0.6 is 11.8 Å². The first kappa shape index (κ1) is 19.3. The van der Waals surface area contributed by atoms with Gasteiger partial charge in [-0.1, -0.05) is 25.6 Å². The molecule has 0 unspecified atom stereocenters. The molecule has 10 nitrogen and oxygen atoms in total. The maximum atomic E-state index is 12.5. The lowest BCUT2D eigenvalue weighted by Gasteiger charge is -2.34. The van der Waals surface area contributed by atoms with Crippen molar-refractivity contribution >= 4 is 29.4 Å². The van der Waals surface area contributed by atoms with E-state index in [4.69, 9.17) is 4.63 Å². The van der Waals surface area contributed by atoms with Gasteiger partial charge in [0.05, 0.1) is 5.75 Å². The Morgan fingerprint density at radius 1 is 1.22 bits per heavy atom. The SMILES string of the molecule is CC(=O)Nc1nonc1-c1nnc(SCC(=O)N2C[C@@H](C)C[C@H](C)C2)n1C. The van der Waals surface area contributed by atoms with E-state index in [-0.39, 0.29) is 23.3 Å². The average molecular weight is 393 g/mol. The number of aromatic nitrogens is 5. The van der Waals surface area contributed by atoms with Crippen LogP contribution in [0.3, 0.4) is 0 Å². The van der Waals surface area contributed by atoms with Gasteiger partial charge in [-0.3, -0.25) is 9.59 Å². The summed E-state index contributed by atoms with van der Waals surface area (Å²) in [5.41, 5.74) is 0.289. The molecule has 2 amide bonds. The van der Waals surface area contributed by atoms with E-state index in [1.807, 2.05) is 4.90 Å². The normalized spacial score (nSPS) is 19.9. The van der Waals surface area contributed by atoms with Gasteiger partial charge in [-0.2, -0.15) is 0 Å². The molecule has 0 saturated carbocycles. The summed E-state index contributed by atoms with van der Waals surface area (Å²) in [5.74, 6) is 1.73. The second-order valence-corrected chi connectivity index (χ2v) is 7.98. The minimum absolute atomic E-state index is 0.102. The molecule has 0 aromatic carbocycles. The predicted octanol–water partition coefficient (Wildman–Crippen LogP) is 1.42. The Kier molecular flexibility index (Phi) is 5.78. The number of hydrogen-bond donors (Lipinski definition) is 1. The van der Waals surface area contributed by atoms with Crippen LogP contribution in [0, 0.1) is 11.8 Å². The van der Waals surface area contributed by atoms with Gasteiger partial charge in [0.15, 0.2) is 16.7 Å². The largest absolute Gasteiger partial charge is 0.341 e. The maximum absolute atomic E-state index is 12.5. The first-order valence-corrected chi connectivity index (χ1v) is 9.74. The Bertz CT molecular complexity index is 824. The third kappa shape index (κ3) is 4.46. The number of nitrogens with zero attached hydrogens (tertiary/aromatic N) is 6. The van der Waals surface area contributed by atoms with Gasteiger partial charge in [0.25, 0.3) is 0 Å². The van der Waals surface area contributed by atoms with E-state index >= 15 is 0 Å². The Morgan fingerprint density at radius 3 is 2.59 bits per heavy atom. The molecule has 27 heavy (non-hydrogen) atoms. The minimum Gasteiger partial charge on any atom is -0.341 e. The number of nitrogens with one attached hydrogen (secondary N) is 1. The van der Waals surface area contributed by atoms with Crippen molar-refractivity contribution in [2.24, 2.45) is 18.9 Å². The average Bonchev–Trinajstić information content (AvgIpc) is 3.17. The van der Waals surface area contributed by atoms with Crippen molar-refractivity contribution in [1.82, 2.24) is 30.0 Å². The Hall–Kier alpha value is -2.43. The zero-order chi connectivity index (χ0) is 19.6. The fourth-order valence-electron chi connectivity index (χ4n) is 3.31. The van der Waals surface area contributed by atoms with E-state index in [1.165, 1.54) is 18.7 Å². The highest BCUT2D eigenvalue weighted by atomic mass is 32.2. The van der Waals surface area contributed by atoms with E-state index in [9.17, 15) is 9.59 Å². The highest BCUT2D eigenvalue weighted by Gasteiger charge is 2.26. The third-order valence-corrected chi connectivity index (χ3v) is 5.38. The molecule has 2 atom stereocenters. The highest BCUT2D eigenvalue weighted by Crippen LogP contribution is 2.27. The summed E-state index contributed by atoms with van der Waals surface area (Å²) in [6.45, 7) is 7.33. The number of hydrogen-bond acceptors (Lipinski definition) is 8. The smallest absolute Gasteiger partial charge is 0.233 e. The number of carbonyl (C=O) groups is 2. The molecule has 2 aromatic heterocycles. The van der Waals surface area contributed by atoms with E-state index in [0.29, 0.717) is 28.6 Å². The van der Waals surface area contributed by atoms with Gasteiger partial charge in [0.1, 0.15) is 0 Å². The minimum atomic E-state index is -0.292. The van der Waals surface area contributed by atoms with Crippen LogP contribution in [-0.4, -0.2) is 60.6 Å². The number of rotatable bonds is 5. The molecule has 0 aliphatic carbocycles. The summed E-state index contributed by atoms with van der Waals surface area (Å²) in [7, 11) is 1.76. The Morgan fingerprint density at radius 2 is 1.93 bits per heavy atom. The van der Waals surface area contributed by atoms with Crippen molar-refractivity contribution in [2.75, 3.05) is 24.2 Å². The van der Waals surface area contributed by atoms with E-state index in [2.05, 4.69) is 39.7 Å². The monoisotopic (exact) mass is 393 g/mol. The molecule has 1 aliphatic heterocycles. The zero-order valence-corrected chi connectivity index (χ0v) is 16.6. The molecule has 11 heteroatoms. The van der Waals surface area contributed by atoms with Crippen LogP contribution in [0.5, 0.6) is 0 Å². The molecule has 1 N–H and O–H groups in total. The lowest BCUT2D eigenvalue weighted by atomic mass is 9.92. The summed E-state index contributed by atoms with van der Waals surface area (Å²) in [6.07, 6.45) is 1.16. The van der Waals surface area contributed by atoms with Gasteiger partial charge >= 0.3 is 0 Å². The lowest BCUT2D eigenvalue weighted by molar-refractivity contribution is -0.131. The van der Waals surface area contributed by atoms with Crippen molar-refractivity contribution in [1.29, 1.82) is 0 Å². The van der Waals surface area contributed by atoms with Gasteiger partial charge in [-0.25, -0.2) is 4.63 Å². The van der Waals surface area contributed by atoms with Crippen molar-refractivity contribution in [3.63, 3.8) is 0 Å². The van der Waals surface area contributed by atoms with E-state index in [1.54, 1.807) is 11.6 Å². The van der Waals surface area contributed by atoms with E-state index < -0.39 is 0 Å². The van der Waals surface area contributed by atoms with Crippen LogP contribution in [0.25, 0.3) is 11.5 Å². The summed E-state index contributed by atoms with van der Waals surface area (Å²) in [5, 5.41) is 18.8. The number of thioether (sulfide) groups is 1. The molecule has 0 spiro atoms. The summed E-state index contributed by atoms with van der Waals surface area (Å²) in [4.78, 5) is 25.7. The Balaban J connectivity index is 1.67. The number of amides is 2. The summed E-state index contributed by atoms with van der Waals surface area (Å²) in [6, 6.07) is 0.